The maximum atomic E-state index is 12.1. The van der Waals surface area contributed by atoms with E-state index in [-0.39, 0.29) is 10.5 Å². The van der Waals surface area contributed by atoms with Gasteiger partial charge in [0.05, 0.1) is 10.5 Å². The van der Waals surface area contributed by atoms with Crippen molar-refractivity contribution in [3.05, 3.63) is 29.8 Å². The highest BCUT2D eigenvalue weighted by molar-refractivity contribution is 7.89. The molecule has 1 aromatic rings. The Labute approximate surface area is 113 Å². The molecule has 1 heterocycles. The molecule has 6 heteroatoms. The quantitative estimate of drug-likeness (QED) is 0.841. The number of nitrogens with one attached hydrogen (secondary N) is 2. The highest BCUT2D eigenvalue weighted by Gasteiger charge is 2.19. The van der Waals surface area contributed by atoms with E-state index in [1.807, 2.05) is 6.07 Å². The van der Waals surface area contributed by atoms with Gasteiger partial charge in [0.2, 0.25) is 10.0 Å². The normalized spacial score (nSPS) is 19.2. The molecule has 0 spiro atoms. The molecule has 1 aliphatic heterocycles. The van der Waals surface area contributed by atoms with Crippen molar-refractivity contribution in [2.45, 2.75) is 30.2 Å². The first-order valence-corrected chi connectivity index (χ1v) is 7.84. The van der Waals surface area contributed by atoms with Gasteiger partial charge in [0.1, 0.15) is 6.07 Å². The van der Waals surface area contributed by atoms with Crippen molar-refractivity contribution < 1.29 is 8.42 Å². The second-order valence-corrected chi connectivity index (χ2v) is 6.32. The molecule has 1 atom stereocenters. The van der Waals surface area contributed by atoms with Crippen molar-refractivity contribution in [2.75, 3.05) is 13.1 Å². The number of sulfonamides is 1. The SMILES string of the molecule is N#Cc1ccccc1S(=O)(=O)NCC[C@H]1CCCN1. The Morgan fingerprint density at radius 2 is 2.21 bits per heavy atom. The van der Waals surface area contributed by atoms with E-state index in [1.54, 1.807) is 12.1 Å². The molecule has 0 radical (unpaired) electrons. The van der Waals surface area contributed by atoms with Gasteiger partial charge in [-0.15, -0.1) is 0 Å². The van der Waals surface area contributed by atoms with E-state index < -0.39 is 10.0 Å². The maximum Gasteiger partial charge on any atom is 0.241 e. The van der Waals surface area contributed by atoms with Gasteiger partial charge in [-0.05, 0) is 37.9 Å². The van der Waals surface area contributed by atoms with Gasteiger partial charge in [-0.25, -0.2) is 13.1 Å². The van der Waals surface area contributed by atoms with Crippen LogP contribution in [0.1, 0.15) is 24.8 Å². The zero-order chi connectivity index (χ0) is 13.7. The van der Waals surface area contributed by atoms with Crippen molar-refractivity contribution in [2.24, 2.45) is 0 Å². The molecule has 2 rings (SSSR count). The summed E-state index contributed by atoms with van der Waals surface area (Å²) in [7, 11) is -3.60. The lowest BCUT2D eigenvalue weighted by atomic mass is 10.2. The molecule has 5 nitrogen and oxygen atoms in total. The minimum Gasteiger partial charge on any atom is -0.314 e. The van der Waals surface area contributed by atoms with Gasteiger partial charge in [-0.3, -0.25) is 0 Å². The van der Waals surface area contributed by atoms with Crippen LogP contribution in [0.2, 0.25) is 0 Å². The molecular weight excluding hydrogens is 262 g/mol. The minimum atomic E-state index is -3.60. The highest BCUT2D eigenvalue weighted by Crippen LogP contribution is 2.14. The third-order valence-corrected chi connectivity index (χ3v) is 4.76. The lowest BCUT2D eigenvalue weighted by Crippen LogP contribution is -2.31. The van der Waals surface area contributed by atoms with Gasteiger partial charge in [0.15, 0.2) is 0 Å². The zero-order valence-corrected chi connectivity index (χ0v) is 11.4. The van der Waals surface area contributed by atoms with Crippen LogP contribution in [-0.4, -0.2) is 27.5 Å². The Morgan fingerprint density at radius 1 is 1.42 bits per heavy atom. The van der Waals surface area contributed by atoms with E-state index in [0.29, 0.717) is 12.6 Å². The van der Waals surface area contributed by atoms with Crippen LogP contribution in [0, 0.1) is 11.3 Å². The second kappa shape index (κ2) is 6.15. The topological polar surface area (TPSA) is 82.0 Å². The fourth-order valence-electron chi connectivity index (χ4n) is 2.24. The lowest BCUT2D eigenvalue weighted by molar-refractivity contribution is 0.539. The molecule has 0 unspecified atom stereocenters. The zero-order valence-electron chi connectivity index (χ0n) is 10.6. The number of nitriles is 1. The summed E-state index contributed by atoms with van der Waals surface area (Å²) in [5, 5.41) is 12.2. The third-order valence-electron chi connectivity index (χ3n) is 3.24. The van der Waals surface area contributed by atoms with Crippen molar-refractivity contribution in [1.29, 1.82) is 5.26 Å². The van der Waals surface area contributed by atoms with Gasteiger partial charge in [-0.1, -0.05) is 12.1 Å². The minimum absolute atomic E-state index is 0.0527. The Kier molecular flexibility index (Phi) is 4.53. The van der Waals surface area contributed by atoms with Crippen molar-refractivity contribution >= 4 is 10.0 Å². The van der Waals surface area contributed by atoms with Crippen molar-refractivity contribution in [3.8, 4) is 6.07 Å². The van der Waals surface area contributed by atoms with E-state index in [0.717, 1.165) is 25.8 Å². The number of rotatable bonds is 5. The van der Waals surface area contributed by atoms with Crippen LogP contribution in [0.25, 0.3) is 0 Å². The van der Waals surface area contributed by atoms with Crippen LogP contribution in [0.5, 0.6) is 0 Å². The predicted molar refractivity (Wildman–Crippen MR) is 72.0 cm³/mol. The molecule has 102 valence electrons. The van der Waals surface area contributed by atoms with E-state index in [4.69, 9.17) is 5.26 Å². The average Bonchev–Trinajstić information content (AvgIpc) is 2.91. The molecule has 2 N–H and O–H groups in total. The fourth-order valence-corrected chi connectivity index (χ4v) is 3.44. The number of hydrogen-bond acceptors (Lipinski definition) is 4. The summed E-state index contributed by atoms with van der Waals surface area (Å²) in [5.41, 5.74) is 0.175. The van der Waals surface area contributed by atoms with Crippen LogP contribution in [0.3, 0.4) is 0 Å². The Balaban J connectivity index is 1.99. The van der Waals surface area contributed by atoms with Gasteiger partial charge < -0.3 is 5.32 Å². The molecule has 1 fully saturated rings. The molecule has 0 aromatic heterocycles. The van der Waals surface area contributed by atoms with Gasteiger partial charge >= 0.3 is 0 Å². The summed E-state index contributed by atoms with van der Waals surface area (Å²) in [6.45, 7) is 1.40. The van der Waals surface area contributed by atoms with Gasteiger partial charge in [0.25, 0.3) is 0 Å². The number of benzene rings is 1. The molecule has 0 saturated carbocycles. The smallest absolute Gasteiger partial charge is 0.241 e. The van der Waals surface area contributed by atoms with Crippen LogP contribution >= 0.6 is 0 Å². The summed E-state index contributed by atoms with van der Waals surface area (Å²) in [6, 6.07) is 8.53. The molecule has 0 amide bonds. The highest BCUT2D eigenvalue weighted by atomic mass is 32.2. The summed E-state index contributed by atoms with van der Waals surface area (Å²) in [4.78, 5) is 0.0527. The van der Waals surface area contributed by atoms with Gasteiger partial charge in [-0.2, -0.15) is 5.26 Å². The second-order valence-electron chi connectivity index (χ2n) is 4.59. The number of hydrogen-bond donors (Lipinski definition) is 2. The maximum absolute atomic E-state index is 12.1. The monoisotopic (exact) mass is 279 g/mol. The first kappa shape index (κ1) is 14.0. The molecular formula is C13H17N3O2S. The van der Waals surface area contributed by atoms with E-state index in [9.17, 15) is 8.42 Å². The molecule has 1 aromatic carbocycles. The van der Waals surface area contributed by atoms with Crippen LogP contribution < -0.4 is 10.0 Å². The summed E-state index contributed by atoms with van der Waals surface area (Å²) in [6.07, 6.45) is 3.01. The molecule has 1 saturated heterocycles. The Bertz CT molecular complexity index is 572. The van der Waals surface area contributed by atoms with Crippen molar-refractivity contribution in [1.82, 2.24) is 10.0 Å². The number of nitrogens with zero attached hydrogens (tertiary/aromatic N) is 1. The Morgan fingerprint density at radius 3 is 2.89 bits per heavy atom. The first-order valence-electron chi connectivity index (χ1n) is 6.35. The van der Waals surface area contributed by atoms with Gasteiger partial charge in [0, 0.05) is 12.6 Å². The average molecular weight is 279 g/mol. The Hall–Kier alpha value is -1.42. The fraction of sp³-hybridized carbons (Fsp3) is 0.462. The van der Waals surface area contributed by atoms with Crippen LogP contribution in [0.15, 0.2) is 29.2 Å². The van der Waals surface area contributed by atoms with Crippen LogP contribution in [0.4, 0.5) is 0 Å². The molecule has 1 aliphatic rings. The predicted octanol–water partition coefficient (Wildman–Crippen LogP) is 0.979. The van der Waals surface area contributed by atoms with E-state index in [2.05, 4.69) is 10.0 Å². The van der Waals surface area contributed by atoms with Crippen LogP contribution in [-0.2, 0) is 10.0 Å². The van der Waals surface area contributed by atoms with E-state index in [1.165, 1.54) is 12.1 Å². The molecule has 0 aliphatic carbocycles. The summed E-state index contributed by atoms with van der Waals surface area (Å²) < 4.78 is 26.8. The lowest BCUT2D eigenvalue weighted by Gasteiger charge is -2.11. The third kappa shape index (κ3) is 3.53. The largest absolute Gasteiger partial charge is 0.314 e. The molecule has 19 heavy (non-hydrogen) atoms. The summed E-state index contributed by atoms with van der Waals surface area (Å²) in [5.74, 6) is 0. The molecule has 0 bridgehead atoms. The first-order chi connectivity index (χ1) is 9.13. The summed E-state index contributed by atoms with van der Waals surface area (Å²) >= 11 is 0. The van der Waals surface area contributed by atoms with E-state index >= 15 is 0 Å². The standard InChI is InChI=1S/C13H17N3O2S/c14-10-11-4-1-2-6-13(11)19(17,18)16-9-7-12-5-3-8-15-12/h1-2,4,6,12,15-16H,3,5,7-9H2/t12-/m1/s1. The van der Waals surface area contributed by atoms with Crippen molar-refractivity contribution in [3.63, 3.8) is 0 Å².